The van der Waals surface area contributed by atoms with Gasteiger partial charge in [-0.25, -0.2) is 0 Å². The molecule has 0 radical (unpaired) electrons. The number of rotatable bonds is 1. The zero-order valence-electron chi connectivity index (χ0n) is 11.6. The fourth-order valence-electron chi connectivity index (χ4n) is 4.13. The van der Waals surface area contributed by atoms with Crippen LogP contribution >= 0.6 is 0 Å². The highest BCUT2D eigenvalue weighted by Crippen LogP contribution is 2.41. The van der Waals surface area contributed by atoms with Crippen molar-refractivity contribution in [1.29, 1.82) is 0 Å². The molecule has 0 bridgehead atoms. The summed E-state index contributed by atoms with van der Waals surface area (Å²) < 4.78 is 5.52. The van der Waals surface area contributed by atoms with Crippen molar-refractivity contribution in [3.8, 4) is 0 Å². The van der Waals surface area contributed by atoms with Gasteiger partial charge in [0, 0.05) is 25.3 Å². The molecule has 1 saturated carbocycles. The molecule has 0 atom stereocenters. The summed E-state index contributed by atoms with van der Waals surface area (Å²) in [7, 11) is 0. The van der Waals surface area contributed by atoms with E-state index >= 15 is 0 Å². The molecule has 1 aliphatic carbocycles. The van der Waals surface area contributed by atoms with Gasteiger partial charge in [0.05, 0.1) is 0 Å². The Kier molecular flexibility index (Phi) is 3.92. The van der Waals surface area contributed by atoms with E-state index in [9.17, 15) is 0 Å². The smallest absolute Gasteiger partial charge is 0.0471 e. The molecular formula is C15H28N2O. The molecule has 0 amide bonds. The Morgan fingerprint density at radius 3 is 2.11 bits per heavy atom. The maximum atomic E-state index is 6.01. The van der Waals surface area contributed by atoms with Crippen LogP contribution in [-0.4, -0.2) is 43.3 Å². The van der Waals surface area contributed by atoms with Crippen molar-refractivity contribution in [2.45, 2.75) is 63.5 Å². The lowest BCUT2D eigenvalue weighted by molar-refractivity contribution is -0.0307. The Bertz CT molecular complexity index is 258. The van der Waals surface area contributed by atoms with E-state index in [1.54, 1.807) is 0 Å². The summed E-state index contributed by atoms with van der Waals surface area (Å²) in [6.07, 6.45) is 10.5. The molecule has 2 aliphatic heterocycles. The lowest BCUT2D eigenvalue weighted by atomic mass is 9.72. The Morgan fingerprint density at radius 1 is 0.889 bits per heavy atom. The van der Waals surface area contributed by atoms with Gasteiger partial charge in [0.1, 0.15) is 0 Å². The summed E-state index contributed by atoms with van der Waals surface area (Å²) in [5, 5.41) is 0. The van der Waals surface area contributed by atoms with E-state index in [4.69, 9.17) is 10.5 Å². The molecule has 18 heavy (non-hydrogen) atoms. The van der Waals surface area contributed by atoms with Gasteiger partial charge >= 0.3 is 0 Å². The van der Waals surface area contributed by atoms with Crippen LogP contribution in [0.1, 0.15) is 51.4 Å². The van der Waals surface area contributed by atoms with Gasteiger partial charge in [0.2, 0.25) is 0 Å². The minimum absolute atomic E-state index is 0.480. The van der Waals surface area contributed by atoms with Crippen LogP contribution in [0.5, 0.6) is 0 Å². The Labute approximate surface area is 111 Å². The third kappa shape index (κ3) is 2.73. The monoisotopic (exact) mass is 252 g/mol. The molecule has 3 rings (SSSR count). The second-order valence-corrected chi connectivity index (χ2v) is 6.72. The van der Waals surface area contributed by atoms with Gasteiger partial charge in [0.25, 0.3) is 0 Å². The summed E-state index contributed by atoms with van der Waals surface area (Å²) >= 11 is 0. The molecule has 104 valence electrons. The quantitative estimate of drug-likeness (QED) is 0.777. The van der Waals surface area contributed by atoms with Crippen LogP contribution in [0.4, 0.5) is 0 Å². The van der Waals surface area contributed by atoms with Crippen molar-refractivity contribution in [2.75, 3.05) is 26.3 Å². The standard InChI is InChI=1S/C15H28N2O/c16-13-1-3-14(4-2-13)17-9-5-15(6-10-17)7-11-18-12-8-15/h13-14H,1-12,16H2. The van der Waals surface area contributed by atoms with Gasteiger partial charge in [-0.05, 0) is 69.9 Å². The van der Waals surface area contributed by atoms with Crippen LogP contribution in [-0.2, 0) is 4.74 Å². The van der Waals surface area contributed by atoms with Crippen LogP contribution in [0.2, 0.25) is 0 Å². The molecule has 2 saturated heterocycles. The highest BCUT2D eigenvalue weighted by Gasteiger charge is 2.37. The number of likely N-dealkylation sites (tertiary alicyclic amines) is 1. The summed E-state index contributed by atoms with van der Waals surface area (Å²) in [4.78, 5) is 2.76. The van der Waals surface area contributed by atoms with Crippen LogP contribution in [0, 0.1) is 5.41 Å². The van der Waals surface area contributed by atoms with Crippen LogP contribution < -0.4 is 5.73 Å². The molecule has 3 fully saturated rings. The number of hydrogen-bond acceptors (Lipinski definition) is 3. The zero-order valence-corrected chi connectivity index (χ0v) is 11.6. The summed E-state index contributed by atoms with van der Waals surface area (Å²) in [5.41, 5.74) is 6.64. The van der Waals surface area contributed by atoms with Crippen LogP contribution in [0.3, 0.4) is 0 Å². The van der Waals surface area contributed by atoms with Crippen molar-refractivity contribution in [2.24, 2.45) is 11.1 Å². The summed E-state index contributed by atoms with van der Waals surface area (Å²) in [5.74, 6) is 0. The Hall–Kier alpha value is -0.120. The van der Waals surface area contributed by atoms with E-state index in [1.807, 2.05) is 0 Å². The average molecular weight is 252 g/mol. The van der Waals surface area contributed by atoms with Gasteiger partial charge in [-0.3, -0.25) is 0 Å². The molecule has 2 heterocycles. The van der Waals surface area contributed by atoms with Gasteiger partial charge in [-0.2, -0.15) is 0 Å². The second kappa shape index (κ2) is 5.48. The van der Waals surface area contributed by atoms with E-state index in [0.717, 1.165) is 19.3 Å². The average Bonchev–Trinajstić information content (AvgIpc) is 2.42. The summed E-state index contributed by atoms with van der Waals surface area (Å²) in [6.45, 7) is 4.64. The first-order valence-corrected chi connectivity index (χ1v) is 7.85. The van der Waals surface area contributed by atoms with E-state index in [2.05, 4.69) is 4.90 Å². The van der Waals surface area contributed by atoms with E-state index < -0.39 is 0 Å². The van der Waals surface area contributed by atoms with Crippen molar-refractivity contribution in [3.63, 3.8) is 0 Å². The molecule has 0 aromatic carbocycles. The second-order valence-electron chi connectivity index (χ2n) is 6.72. The number of ether oxygens (including phenoxy) is 1. The molecule has 3 heteroatoms. The largest absolute Gasteiger partial charge is 0.381 e. The Morgan fingerprint density at radius 2 is 1.50 bits per heavy atom. The van der Waals surface area contributed by atoms with E-state index in [0.29, 0.717) is 11.5 Å². The molecular weight excluding hydrogens is 224 g/mol. The number of hydrogen-bond donors (Lipinski definition) is 1. The zero-order chi connectivity index (χ0) is 12.4. The van der Waals surface area contributed by atoms with Gasteiger partial charge in [0.15, 0.2) is 0 Å². The van der Waals surface area contributed by atoms with Gasteiger partial charge < -0.3 is 15.4 Å². The molecule has 2 N–H and O–H groups in total. The molecule has 0 aromatic heterocycles. The number of piperidine rings is 1. The van der Waals surface area contributed by atoms with E-state index in [1.165, 1.54) is 64.5 Å². The maximum Gasteiger partial charge on any atom is 0.0471 e. The lowest BCUT2D eigenvalue weighted by Gasteiger charge is -2.47. The number of nitrogens with two attached hydrogens (primary N) is 1. The fraction of sp³-hybridized carbons (Fsp3) is 1.00. The van der Waals surface area contributed by atoms with Crippen LogP contribution in [0.25, 0.3) is 0 Å². The topological polar surface area (TPSA) is 38.5 Å². The first kappa shape index (κ1) is 12.9. The van der Waals surface area contributed by atoms with Crippen molar-refractivity contribution < 1.29 is 4.74 Å². The Balaban J connectivity index is 1.50. The predicted octanol–water partition coefficient (Wildman–Crippen LogP) is 2.15. The number of nitrogens with zero attached hydrogens (tertiary/aromatic N) is 1. The highest BCUT2D eigenvalue weighted by molar-refractivity contribution is 4.91. The first-order chi connectivity index (χ1) is 8.77. The van der Waals surface area contributed by atoms with Gasteiger partial charge in [-0.1, -0.05) is 0 Å². The van der Waals surface area contributed by atoms with Crippen molar-refractivity contribution in [1.82, 2.24) is 4.90 Å². The molecule has 0 aromatic rings. The van der Waals surface area contributed by atoms with Crippen molar-refractivity contribution in [3.05, 3.63) is 0 Å². The molecule has 0 unspecified atom stereocenters. The van der Waals surface area contributed by atoms with Gasteiger partial charge in [-0.15, -0.1) is 0 Å². The first-order valence-electron chi connectivity index (χ1n) is 7.85. The minimum Gasteiger partial charge on any atom is -0.381 e. The third-order valence-electron chi connectivity index (χ3n) is 5.67. The third-order valence-corrected chi connectivity index (χ3v) is 5.67. The maximum absolute atomic E-state index is 6.01. The van der Waals surface area contributed by atoms with Crippen LogP contribution in [0.15, 0.2) is 0 Å². The predicted molar refractivity (Wildman–Crippen MR) is 73.5 cm³/mol. The lowest BCUT2D eigenvalue weighted by Crippen LogP contribution is -2.48. The molecule has 3 aliphatic rings. The fourth-order valence-corrected chi connectivity index (χ4v) is 4.13. The molecule has 3 nitrogen and oxygen atoms in total. The molecule has 1 spiro atoms. The van der Waals surface area contributed by atoms with E-state index in [-0.39, 0.29) is 0 Å². The summed E-state index contributed by atoms with van der Waals surface area (Å²) in [6, 6.07) is 1.31. The minimum atomic E-state index is 0.480. The highest BCUT2D eigenvalue weighted by atomic mass is 16.5. The van der Waals surface area contributed by atoms with Crippen molar-refractivity contribution >= 4 is 0 Å². The normalized spacial score (nSPS) is 37.8. The SMILES string of the molecule is NC1CCC(N2CCC3(CCOCC3)CC2)CC1.